The Hall–Kier alpha value is -4.26. The lowest BCUT2D eigenvalue weighted by Crippen LogP contribution is -2.46. The third-order valence-corrected chi connectivity index (χ3v) is 8.25. The summed E-state index contributed by atoms with van der Waals surface area (Å²) in [5.41, 5.74) is 2.45. The third kappa shape index (κ3) is 4.61. The summed E-state index contributed by atoms with van der Waals surface area (Å²) in [6, 6.07) is 10.4. The molecular formula is C29H25BrF3N7O2. The van der Waals surface area contributed by atoms with E-state index in [1.54, 1.807) is 22.5 Å². The Morgan fingerprint density at radius 1 is 1.10 bits per heavy atom. The van der Waals surface area contributed by atoms with Crippen LogP contribution in [0.15, 0.2) is 57.9 Å². The molecule has 9 nitrogen and oxygen atoms in total. The van der Waals surface area contributed by atoms with Crippen molar-refractivity contribution in [3.05, 3.63) is 97.3 Å². The van der Waals surface area contributed by atoms with Gasteiger partial charge in [-0.3, -0.25) is 14.3 Å². The maximum Gasteiger partial charge on any atom is 0.417 e. The van der Waals surface area contributed by atoms with Crippen molar-refractivity contribution in [1.82, 2.24) is 34.0 Å². The minimum absolute atomic E-state index is 0.0449. The van der Waals surface area contributed by atoms with Crippen LogP contribution in [0.25, 0.3) is 22.5 Å². The molecule has 13 heteroatoms. The van der Waals surface area contributed by atoms with E-state index in [4.69, 9.17) is 4.98 Å². The summed E-state index contributed by atoms with van der Waals surface area (Å²) < 4.78 is 45.3. The molecule has 0 fully saturated rings. The fourth-order valence-corrected chi connectivity index (χ4v) is 5.93. The quantitative estimate of drug-likeness (QED) is 0.268. The van der Waals surface area contributed by atoms with Gasteiger partial charge in [0, 0.05) is 39.8 Å². The minimum Gasteiger partial charge on any atom is -0.330 e. The monoisotopic (exact) mass is 639 g/mol. The van der Waals surface area contributed by atoms with E-state index in [-0.39, 0.29) is 34.5 Å². The molecule has 1 aliphatic heterocycles. The van der Waals surface area contributed by atoms with Crippen molar-refractivity contribution < 1.29 is 18.0 Å². The largest absolute Gasteiger partial charge is 0.417 e. The van der Waals surface area contributed by atoms with Gasteiger partial charge in [-0.2, -0.15) is 23.4 Å². The van der Waals surface area contributed by atoms with Gasteiger partial charge in [0.2, 0.25) is 5.95 Å². The highest BCUT2D eigenvalue weighted by Gasteiger charge is 2.36. The number of hydrogen-bond acceptors (Lipinski definition) is 5. The molecule has 2 aromatic carbocycles. The molecule has 0 bridgehead atoms. The Kier molecular flexibility index (Phi) is 6.59. The van der Waals surface area contributed by atoms with E-state index in [1.807, 2.05) is 45.2 Å². The van der Waals surface area contributed by atoms with Gasteiger partial charge in [0.05, 0.1) is 40.9 Å². The number of aromatic nitrogens is 6. The highest BCUT2D eigenvalue weighted by Crippen LogP contribution is 2.36. The summed E-state index contributed by atoms with van der Waals surface area (Å²) in [6.45, 7) is 5.41. The second-order valence-electron chi connectivity index (χ2n) is 10.5. The van der Waals surface area contributed by atoms with Crippen LogP contribution in [0.3, 0.4) is 0 Å². The number of rotatable bonds is 3. The molecule has 42 heavy (non-hydrogen) atoms. The highest BCUT2D eigenvalue weighted by molar-refractivity contribution is 9.10. The maximum absolute atomic E-state index is 14.2. The molecule has 216 valence electrons. The molecule has 1 unspecified atom stereocenters. The number of alkyl halides is 3. The molecule has 0 aliphatic carbocycles. The summed E-state index contributed by atoms with van der Waals surface area (Å²) in [5.74, 6) is -0.329. The molecule has 0 saturated heterocycles. The Balaban J connectivity index is 1.48. The second kappa shape index (κ2) is 9.93. The van der Waals surface area contributed by atoms with Crippen molar-refractivity contribution >= 4 is 32.7 Å². The van der Waals surface area contributed by atoms with Crippen molar-refractivity contribution in [2.45, 2.75) is 46.0 Å². The van der Waals surface area contributed by atoms with E-state index >= 15 is 0 Å². The Morgan fingerprint density at radius 3 is 2.55 bits per heavy atom. The molecule has 0 radical (unpaired) electrons. The number of fused-ring (bicyclic) bond motifs is 2. The lowest BCUT2D eigenvalue weighted by atomic mass is 9.98. The molecule has 1 amide bonds. The predicted octanol–water partition coefficient (Wildman–Crippen LogP) is 5.29. The van der Waals surface area contributed by atoms with Crippen LogP contribution in [0.1, 0.15) is 45.5 Å². The van der Waals surface area contributed by atoms with E-state index in [9.17, 15) is 22.8 Å². The zero-order valence-corrected chi connectivity index (χ0v) is 24.7. The SMILES string of the molecule is Cc1cc(C)n(-c2nc3c(c(=O)n2-c2ccc4c(cnn4C)c2)CC(C)N(C(=O)c2ccc(Br)c(C(F)(F)F)c2)C3)n1. The van der Waals surface area contributed by atoms with Crippen LogP contribution < -0.4 is 5.56 Å². The number of halogens is 4. The molecule has 0 saturated carbocycles. The Morgan fingerprint density at radius 2 is 1.86 bits per heavy atom. The summed E-state index contributed by atoms with van der Waals surface area (Å²) in [4.78, 5) is 34.0. The van der Waals surface area contributed by atoms with E-state index in [0.29, 0.717) is 16.9 Å². The minimum atomic E-state index is -4.63. The Labute approximate surface area is 246 Å². The number of carbonyl (C=O) groups excluding carboxylic acids is 1. The number of benzene rings is 2. The summed E-state index contributed by atoms with van der Waals surface area (Å²) in [7, 11) is 1.84. The lowest BCUT2D eigenvalue weighted by molar-refractivity contribution is -0.138. The normalized spacial score (nSPS) is 15.3. The van der Waals surface area contributed by atoms with Gasteiger partial charge in [-0.15, -0.1) is 0 Å². The van der Waals surface area contributed by atoms with Crippen LogP contribution in [0.2, 0.25) is 0 Å². The average molecular weight is 640 g/mol. The van der Waals surface area contributed by atoms with Crippen molar-refractivity contribution in [3.63, 3.8) is 0 Å². The van der Waals surface area contributed by atoms with Crippen LogP contribution in [-0.2, 0) is 26.2 Å². The van der Waals surface area contributed by atoms with Crippen molar-refractivity contribution in [3.8, 4) is 11.6 Å². The molecule has 0 spiro atoms. The molecular weight excluding hydrogens is 615 g/mol. The van der Waals surface area contributed by atoms with Gasteiger partial charge >= 0.3 is 6.18 Å². The zero-order chi connectivity index (χ0) is 30.1. The van der Waals surface area contributed by atoms with Gasteiger partial charge in [0.25, 0.3) is 11.5 Å². The Bertz CT molecular complexity index is 1960. The molecule has 0 N–H and O–H groups in total. The van der Waals surface area contributed by atoms with Crippen molar-refractivity contribution in [1.29, 1.82) is 0 Å². The van der Waals surface area contributed by atoms with Crippen LogP contribution in [-0.4, -0.2) is 46.0 Å². The molecule has 3 aromatic heterocycles. The van der Waals surface area contributed by atoms with E-state index < -0.39 is 23.7 Å². The number of nitrogens with zero attached hydrogens (tertiary/aromatic N) is 7. The number of amides is 1. The van der Waals surface area contributed by atoms with Crippen LogP contribution in [0, 0.1) is 13.8 Å². The van der Waals surface area contributed by atoms with Crippen molar-refractivity contribution in [2.24, 2.45) is 7.05 Å². The van der Waals surface area contributed by atoms with Gasteiger partial charge < -0.3 is 4.90 Å². The van der Waals surface area contributed by atoms with Gasteiger partial charge in [0.15, 0.2) is 0 Å². The van der Waals surface area contributed by atoms with Gasteiger partial charge in [-0.25, -0.2) is 14.2 Å². The molecule has 4 heterocycles. The van der Waals surface area contributed by atoms with Crippen molar-refractivity contribution in [2.75, 3.05) is 0 Å². The molecule has 5 aromatic rings. The number of carbonyl (C=O) groups is 1. The summed E-state index contributed by atoms with van der Waals surface area (Å²) >= 11 is 2.93. The predicted molar refractivity (Wildman–Crippen MR) is 153 cm³/mol. The first-order chi connectivity index (χ1) is 19.8. The molecule has 6 rings (SSSR count). The van der Waals surface area contributed by atoms with Gasteiger partial charge in [-0.05, 0) is 69.7 Å². The second-order valence-corrected chi connectivity index (χ2v) is 11.4. The van der Waals surface area contributed by atoms with E-state index in [0.717, 1.165) is 28.4 Å². The first-order valence-corrected chi connectivity index (χ1v) is 13.9. The highest BCUT2D eigenvalue weighted by atomic mass is 79.9. The van der Waals surface area contributed by atoms with E-state index in [2.05, 4.69) is 26.1 Å². The summed E-state index contributed by atoms with van der Waals surface area (Å²) in [5, 5.41) is 9.71. The third-order valence-electron chi connectivity index (χ3n) is 7.56. The topological polar surface area (TPSA) is 90.8 Å². The van der Waals surface area contributed by atoms with Crippen LogP contribution >= 0.6 is 15.9 Å². The first kappa shape index (κ1) is 27.9. The summed E-state index contributed by atoms with van der Waals surface area (Å²) in [6.07, 6.45) is -2.73. The zero-order valence-electron chi connectivity index (χ0n) is 23.1. The first-order valence-electron chi connectivity index (χ1n) is 13.1. The molecule has 1 atom stereocenters. The van der Waals surface area contributed by atoms with Crippen LogP contribution in [0.5, 0.6) is 0 Å². The lowest BCUT2D eigenvalue weighted by Gasteiger charge is -2.34. The van der Waals surface area contributed by atoms with Crippen LogP contribution in [0.4, 0.5) is 13.2 Å². The average Bonchev–Trinajstić information content (AvgIpc) is 3.47. The maximum atomic E-state index is 14.2. The fourth-order valence-electron chi connectivity index (χ4n) is 5.46. The van der Waals surface area contributed by atoms with E-state index in [1.165, 1.54) is 21.6 Å². The smallest absolute Gasteiger partial charge is 0.330 e. The van der Waals surface area contributed by atoms with Gasteiger partial charge in [-0.1, -0.05) is 15.9 Å². The fraction of sp³-hybridized carbons (Fsp3) is 0.276. The number of aryl methyl sites for hydroxylation is 3. The number of hydrogen-bond donors (Lipinski definition) is 0. The molecule has 1 aliphatic rings. The standard InChI is InChI=1S/C29H25BrF3N7O2/c1-15-9-17(3)40(36-15)28-35-24-14-38(26(41)18-5-7-23(30)22(12-18)29(31,32)33)16(2)10-21(24)27(42)39(28)20-6-8-25-19(11-20)13-34-37(25)4/h5-9,11-13,16H,10,14H2,1-4H3. The van der Waals surface area contributed by atoms with Gasteiger partial charge in [0.1, 0.15) is 0 Å².